The van der Waals surface area contributed by atoms with Gasteiger partial charge >= 0.3 is 0 Å². The molecule has 0 saturated carbocycles. The first-order valence-corrected chi connectivity index (χ1v) is 12.2. The summed E-state index contributed by atoms with van der Waals surface area (Å²) in [6, 6.07) is -0.359. The van der Waals surface area contributed by atoms with Crippen LogP contribution in [0.15, 0.2) is 0 Å². The summed E-state index contributed by atoms with van der Waals surface area (Å²) < 4.78 is 0. The third kappa shape index (κ3) is 39.8. The molecule has 0 aromatic heterocycles. The van der Waals surface area contributed by atoms with Crippen molar-refractivity contribution >= 4 is 11.8 Å². The van der Waals surface area contributed by atoms with Crippen molar-refractivity contribution in [2.24, 2.45) is 0 Å². The standard InChI is InChI=1S/C14H28N2O2.5C2H6/c1-4-7-8-10-12(14(18)15-11-6-3)16-13(17)9-5-2;5*1-2/h12H,4-11H2,1-3H3,(H,15,18)(H,16,17);5*1-2H3. The predicted molar refractivity (Wildman–Crippen MR) is 131 cm³/mol. The van der Waals surface area contributed by atoms with Crippen molar-refractivity contribution in [2.45, 2.75) is 141 Å². The largest absolute Gasteiger partial charge is 0.354 e. The van der Waals surface area contributed by atoms with Crippen molar-refractivity contribution in [3.63, 3.8) is 0 Å². The molecule has 0 rings (SSSR count). The lowest BCUT2D eigenvalue weighted by Gasteiger charge is -2.18. The number of nitrogens with one attached hydrogen (secondary N) is 2. The second kappa shape index (κ2) is 50.1. The third-order valence-corrected chi connectivity index (χ3v) is 2.77. The molecule has 4 nitrogen and oxygen atoms in total. The molecule has 0 aromatic carbocycles. The van der Waals surface area contributed by atoms with E-state index in [0.717, 1.165) is 38.5 Å². The quantitative estimate of drug-likeness (QED) is 0.369. The Balaban J connectivity index is -0.000000104. The molecular formula is C24H58N2O2. The van der Waals surface area contributed by atoms with E-state index in [1.807, 2.05) is 83.1 Å². The Labute approximate surface area is 180 Å². The summed E-state index contributed by atoms with van der Waals surface area (Å²) in [5.74, 6) is -0.0666. The molecule has 0 fully saturated rings. The molecule has 0 heterocycles. The molecule has 176 valence electrons. The molecule has 1 unspecified atom stereocenters. The average Bonchev–Trinajstić information content (AvgIpc) is 2.78. The lowest BCUT2D eigenvalue weighted by Crippen LogP contribution is -2.46. The first-order valence-electron chi connectivity index (χ1n) is 12.2. The molecule has 0 aliphatic carbocycles. The fourth-order valence-electron chi connectivity index (χ4n) is 1.73. The monoisotopic (exact) mass is 406 g/mol. The van der Waals surface area contributed by atoms with Crippen LogP contribution in [-0.4, -0.2) is 24.4 Å². The molecule has 1 atom stereocenters. The van der Waals surface area contributed by atoms with Gasteiger partial charge in [-0.25, -0.2) is 0 Å². The molecule has 0 aromatic rings. The predicted octanol–water partition coefficient (Wildman–Crippen LogP) is 7.51. The molecule has 2 N–H and O–H groups in total. The van der Waals surface area contributed by atoms with Gasteiger partial charge in [-0.05, 0) is 19.3 Å². The first kappa shape index (κ1) is 41.3. The van der Waals surface area contributed by atoms with Crippen LogP contribution in [0.25, 0.3) is 0 Å². The molecule has 4 heteroatoms. The van der Waals surface area contributed by atoms with Gasteiger partial charge < -0.3 is 10.6 Å². The van der Waals surface area contributed by atoms with Gasteiger partial charge in [0, 0.05) is 13.0 Å². The van der Waals surface area contributed by atoms with E-state index in [9.17, 15) is 9.59 Å². The number of carbonyl (C=O) groups excluding carboxylic acids is 2. The maximum Gasteiger partial charge on any atom is 0.242 e. The summed E-state index contributed by atoms with van der Waals surface area (Å²) >= 11 is 0. The maximum absolute atomic E-state index is 11.9. The Morgan fingerprint density at radius 1 is 0.679 bits per heavy atom. The molecule has 0 aliphatic rings. The van der Waals surface area contributed by atoms with Crippen molar-refractivity contribution in [3.05, 3.63) is 0 Å². The summed E-state index contributed by atoms with van der Waals surface area (Å²) in [6.45, 7) is 26.8. The fourth-order valence-corrected chi connectivity index (χ4v) is 1.73. The van der Waals surface area contributed by atoms with Crippen molar-refractivity contribution in [2.75, 3.05) is 6.54 Å². The third-order valence-electron chi connectivity index (χ3n) is 2.77. The molecule has 2 amide bonds. The topological polar surface area (TPSA) is 58.2 Å². The lowest BCUT2D eigenvalue weighted by atomic mass is 10.1. The van der Waals surface area contributed by atoms with Crippen LogP contribution in [0.4, 0.5) is 0 Å². The van der Waals surface area contributed by atoms with Crippen molar-refractivity contribution < 1.29 is 9.59 Å². The van der Waals surface area contributed by atoms with Crippen LogP contribution in [-0.2, 0) is 9.59 Å². The van der Waals surface area contributed by atoms with Crippen molar-refractivity contribution in [1.29, 1.82) is 0 Å². The SMILES string of the molecule is CC.CC.CC.CC.CC.CCCCCC(NC(=O)CCC)C(=O)NCCC. The minimum atomic E-state index is -0.359. The van der Waals surface area contributed by atoms with Gasteiger partial charge in [-0.3, -0.25) is 9.59 Å². The van der Waals surface area contributed by atoms with Crippen LogP contribution in [0.2, 0.25) is 0 Å². The van der Waals surface area contributed by atoms with E-state index in [1.165, 1.54) is 0 Å². The van der Waals surface area contributed by atoms with Gasteiger partial charge in [-0.1, -0.05) is 109 Å². The smallest absolute Gasteiger partial charge is 0.242 e. The molecular weight excluding hydrogens is 348 g/mol. The summed E-state index contributed by atoms with van der Waals surface area (Å²) in [5, 5.41) is 5.69. The van der Waals surface area contributed by atoms with Crippen LogP contribution >= 0.6 is 0 Å². The van der Waals surface area contributed by atoms with Crippen LogP contribution in [0.1, 0.15) is 135 Å². The summed E-state index contributed by atoms with van der Waals surface area (Å²) in [6.07, 6.45) is 6.14. The number of rotatable bonds is 10. The highest BCUT2D eigenvalue weighted by Gasteiger charge is 2.19. The summed E-state index contributed by atoms with van der Waals surface area (Å²) in [7, 11) is 0. The van der Waals surface area contributed by atoms with E-state index in [4.69, 9.17) is 0 Å². The van der Waals surface area contributed by atoms with E-state index in [0.29, 0.717) is 13.0 Å². The van der Waals surface area contributed by atoms with Gasteiger partial charge in [0.15, 0.2) is 0 Å². The molecule has 0 radical (unpaired) electrons. The summed E-state index contributed by atoms with van der Waals surface area (Å²) in [4.78, 5) is 23.5. The van der Waals surface area contributed by atoms with E-state index in [-0.39, 0.29) is 17.9 Å². The zero-order chi connectivity index (χ0) is 23.8. The van der Waals surface area contributed by atoms with Gasteiger partial charge in [0.05, 0.1) is 0 Å². The van der Waals surface area contributed by atoms with Crippen molar-refractivity contribution in [1.82, 2.24) is 10.6 Å². The van der Waals surface area contributed by atoms with Crippen molar-refractivity contribution in [3.8, 4) is 0 Å². The number of hydrogen-bond donors (Lipinski definition) is 2. The zero-order valence-electron chi connectivity index (χ0n) is 22.1. The minimum Gasteiger partial charge on any atom is -0.354 e. The molecule has 0 bridgehead atoms. The molecule has 0 saturated heterocycles. The summed E-state index contributed by atoms with van der Waals surface area (Å²) in [5.41, 5.74) is 0. The number of hydrogen-bond acceptors (Lipinski definition) is 2. The van der Waals surface area contributed by atoms with Gasteiger partial charge in [0.2, 0.25) is 11.8 Å². The minimum absolute atomic E-state index is 0.0225. The molecule has 0 spiro atoms. The highest BCUT2D eigenvalue weighted by Crippen LogP contribution is 2.04. The molecule has 0 aliphatic heterocycles. The number of unbranched alkanes of at least 4 members (excludes halogenated alkanes) is 2. The normalized spacial score (nSPS) is 8.75. The van der Waals surface area contributed by atoms with Gasteiger partial charge in [0.25, 0.3) is 0 Å². The van der Waals surface area contributed by atoms with Crippen LogP contribution in [0, 0.1) is 0 Å². The van der Waals surface area contributed by atoms with Gasteiger partial charge in [-0.2, -0.15) is 0 Å². The maximum atomic E-state index is 11.9. The van der Waals surface area contributed by atoms with Crippen LogP contribution in [0.5, 0.6) is 0 Å². The Morgan fingerprint density at radius 2 is 1.14 bits per heavy atom. The lowest BCUT2D eigenvalue weighted by molar-refractivity contribution is -0.129. The van der Waals surface area contributed by atoms with E-state index < -0.39 is 0 Å². The van der Waals surface area contributed by atoms with Crippen LogP contribution < -0.4 is 10.6 Å². The van der Waals surface area contributed by atoms with Gasteiger partial charge in [-0.15, -0.1) is 0 Å². The number of carbonyl (C=O) groups is 2. The fraction of sp³-hybridized carbons (Fsp3) is 0.917. The number of amides is 2. The van der Waals surface area contributed by atoms with E-state index in [2.05, 4.69) is 17.6 Å². The Bertz CT molecular complexity index is 245. The second-order valence-corrected chi connectivity index (χ2v) is 4.66. The average molecular weight is 407 g/mol. The van der Waals surface area contributed by atoms with Gasteiger partial charge in [0.1, 0.15) is 6.04 Å². The Hall–Kier alpha value is -1.06. The van der Waals surface area contributed by atoms with E-state index in [1.54, 1.807) is 0 Å². The highest BCUT2D eigenvalue weighted by atomic mass is 16.2. The first-order chi connectivity index (χ1) is 13.7. The highest BCUT2D eigenvalue weighted by molar-refractivity contribution is 5.87. The van der Waals surface area contributed by atoms with E-state index >= 15 is 0 Å². The molecule has 28 heavy (non-hydrogen) atoms. The Kier molecular flexibility index (Phi) is 74.0. The second-order valence-electron chi connectivity index (χ2n) is 4.66. The Morgan fingerprint density at radius 3 is 1.50 bits per heavy atom. The van der Waals surface area contributed by atoms with Crippen LogP contribution in [0.3, 0.4) is 0 Å². The zero-order valence-corrected chi connectivity index (χ0v) is 22.1.